The Kier molecular flexibility index (Phi) is 5.05. The van der Waals surface area contributed by atoms with Gasteiger partial charge >= 0.3 is 0 Å². The predicted octanol–water partition coefficient (Wildman–Crippen LogP) is 0.222. The van der Waals surface area contributed by atoms with Gasteiger partial charge in [-0.2, -0.15) is 4.31 Å². The molecular formula is C14H22N2O5S2. The van der Waals surface area contributed by atoms with Crippen LogP contribution in [0.1, 0.15) is 13.3 Å². The third-order valence-corrected chi connectivity index (χ3v) is 8.02. The van der Waals surface area contributed by atoms with Crippen molar-refractivity contribution in [2.24, 2.45) is 5.73 Å². The molecule has 1 saturated heterocycles. The fraction of sp³-hybridized carbons (Fsp3) is 0.571. The Labute approximate surface area is 137 Å². The zero-order valence-electron chi connectivity index (χ0n) is 13.2. The number of sulfone groups is 1. The maximum atomic E-state index is 13.0. The molecular weight excluding hydrogens is 340 g/mol. The van der Waals surface area contributed by atoms with Crippen LogP contribution in [-0.2, 0) is 19.9 Å². The summed E-state index contributed by atoms with van der Waals surface area (Å²) < 4.78 is 55.8. The van der Waals surface area contributed by atoms with Gasteiger partial charge in [-0.3, -0.25) is 0 Å². The van der Waals surface area contributed by atoms with E-state index >= 15 is 0 Å². The Morgan fingerprint density at radius 3 is 2.35 bits per heavy atom. The van der Waals surface area contributed by atoms with Crippen LogP contribution in [-0.4, -0.2) is 58.4 Å². The molecule has 1 aromatic carbocycles. The van der Waals surface area contributed by atoms with Gasteiger partial charge in [0.2, 0.25) is 10.0 Å². The van der Waals surface area contributed by atoms with Crippen LogP contribution in [0, 0.1) is 0 Å². The number of benzene rings is 1. The first-order valence-electron chi connectivity index (χ1n) is 7.22. The molecule has 2 N–H and O–H groups in total. The van der Waals surface area contributed by atoms with Crippen molar-refractivity contribution in [1.29, 1.82) is 0 Å². The van der Waals surface area contributed by atoms with Gasteiger partial charge in [-0.1, -0.05) is 0 Å². The highest BCUT2D eigenvalue weighted by Crippen LogP contribution is 2.34. The van der Waals surface area contributed by atoms with Gasteiger partial charge in [-0.05, 0) is 37.6 Å². The Balaban J connectivity index is 2.43. The minimum Gasteiger partial charge on any atom is -0.497 e. The number of methoxy groups -OCH3 is 1. The summed E-state index contributed by atoms with van der Waals surface area (Å²) in [6, 6.07) is 6.01. The molecule has 0 aromatic heterocycles. The quantitative estimate of drug-likeness (QED) is 0.776. The minimum absolute atomic E-state index is 0.0112. The summed E-state index contributed by atoms with van der Waals surface area (Å²) >= 11 is 0. The first-order chi connectivity index (χ1) is 10.6. The molecule has 0 spiro atoms. The molecule has 0 aliphatic carbocycles. The second kappa shape index (κ2) is 6.39. The van der Waals surface area contributed by atoms with Gasteiger partial charge in [-0.15, -0.1) is 0 Å². The summed E-state index contributed by atoms with van der Waals surface area (Å²) in [7, 11) is -5.59. The van der Waals surface area contributed by atoms with E-state index in [4.69, 9.17) is 10.5 Å². The molecule has 1 atom stereocenters. The van der Waals surface area contributed by atoms with Crippen LogP contribution in [0.15, 0.2) is 29.2 Å². The summed E-state index contributed by atoms with van der Waals surface area (Å²) in [5.41, 5.74) is 4.59. The van der Waals surface area contributed by atoms with Gasteiger partial charge in [0.15, 0.2) is 9.84 Å². The maximum absolute atomic E-state index is 13.0. The maximum Gasteiger partial charge on any atom is 0.243 e. The van der Waals surface area contributed by atoms with E-state index in [-0.39, 0.29) is 35.9 Å². The second-order valence-corrected chi connectivity index (χ2v) is 9.93. The van der Waals surface area contributed by atoms with Crippen molar-refractivity contribution in [3.8, 4) is 5.75 Å². The highest BCUT2D eigenvalue weighted by molar-refractivity contribution is 7.92. The molecule has 0 bridgehead atoms. The standard InChI is InChI=1S/C14H22N2O5S2/c1-14(7-10-22(17,18)11-14)16(9-8-15)23(19,20)13-5-3-12(21-2)4-6-13/h3-6H,7-11,15H2,1-2H3/t14-/m0/s1. The molecule has 1 aliphatic rings. The average Bonchev–Trinajstić information content (AvgIpc) is 2.79. The highest BCUT2D eigenvalue weighted by atomic mass is 32.2. The van der Waals surface area contributed by atoms with Gasteiger partial charge in [0.1, 0.15) is 5.75 Å². The Hall–Kier alpha value is -1.16. The topological polar surface area (TPSA) is 107 Å². The monoisotopic (exact) mass is 362 g/mol. The van der Waals surface area contributed by atoms with Crippen molar-refractivity contribution in [1.82, 2.24) is 4.31 Å². The van der Waals surface area contributed by atoms with Crippen LogP contribution < -0.4 is 10.5 Å². The lowest BCUT2D eigenvalue weighted by atomic mass is 10.0. The Morgan fingerprint density at radius 1 is 1.30 bits per heavy atom. The summed E-state index contributed by atoms with van der Waals surface area (Å²) in [6.45, 7) is 1.85. The van der Waals surface area contributed by atoms with Crippen LogP contribution in [0.25, 0.3) is 0 Å². The largest absolute Gasteiger partial charge is 0.497 e. The second-order valence-electron chi connectivity index (χ2n) is 5.88. The summed E-state index contributed by atoms with van der Waals surface area (Å²) in [5.74, 6) is 0.349. The van der Waals surface area contributed by atoms with Crippen LogP contribution in [0.5, 0.6) is 5.75 Å². The number of rotatable bonds is 6. The number of hydrogen-bond donors (Lipinski definition) is 1. The van der Waals surface area contributed by atoms with Crippen LogP contribution in [0.3, 0.4) is 0 Å². The lowest BCUT2D eigenvalue weighted by Gasteiger charge is -2.36. The molecule has 0 amide bonds. The molecule has 9 heteroatoms. The van der Waals surface area contributed by atoms with E-state index in [1.165, 1.54) is 23.5 Å². The number of ether oxygens (including phenoxy) is 1. The summed E-state index contributed by atoms with van der Waals surface area (Å²) in [5, 5.41) is 0. The molecule has 0 saturated carbocycles. The smallest absolute Gasteiger partial charge is 0.243 e. The molecule has 0 radical (unpaired) electrons. The average molecular weight is 362 g/mol. The van der Waals surface area contributed by atoms with E-state index in [9.17, 15) is 16.8 Å². The van der Waals surface area contributed by atoms with Crippen molar-refractivity contribution >= 4 is 19.9 Å². The van der Waals surface area contributed by atoms with Gasteiger partial charge < -0.3 is 10.5 Å². The molecule has 1 heterocycles. The van der Waals surface area contributed by atoms with Gasteiger partial charge in [0.05, 0.1) is 23.5 Å². The lowest BCUT2D eigenvalue weighted by Crippen LogP contribution is -2.52. The predicted molar refractivity (Wildman–Crippen MR) is 87.6 cm³/mol. The van der Waals surface area contributed by atoms with Gasteiger partial charge in [0.25, 0.3) is 0 Å². The van der Waals surface area contributed by atoms with Gasteiger partial charge in [0, 0.05) is 18.6 Å². The van der Waals surface area contributed by atoms with E-state index in [1.807, 2.05) is 0 Å². The first kappa shape index (κ1) is 18.2. The molecule has 0 unspecified atom stereocenters. The normalized spacial score (nSPS) is 24.0. The van der Waals surface area contributed by atoms with E-state index in [1.54, 1.807) is 19.1 Å². The zero-order chi connectivity index (χ0) is 17.3. The number of hydrogen-bond acceptors (Lipinski definition) is 6. The van der Waals surface area contributed by atoms with Crippen molar-refractivity contribution in [3.05, 3.63) is 24.3 Å². The van der Waals surface area contributed by atoms with Crippen molar-refractivity contribution in [2.75, 3.05) is 31.7 Å². The van der Waals surface area contributed by atoms with E-state index < -0.39 is 25.4 Å². The van der Waals surface area contributed by atoms with Crippen LogP contribution >= 0.6 is 0 Å². The third kappa shape index (κ3) is 3.68. The van der Waals surface area contributed by atoms with Crippen molar-refractivity contribution in [3.63, 3.8) is 0 Å². The highest BCUT2D eigenvalue weighted by Gasteiger charge is 2.47. The third-order valence-electron chi connectivity index (χ3n) is 4.06. The molecule has 23 heavy (non-hydrogen) atoms. The fourth-order valence-electron chi connectivity index (χ4n) is 2.86. The Bertz CT molecular complexity index is 759. The number of sulfonamides is 1. The Morgan fingerprint density at radius 2 is 1.91 bits per heavy atom. The molecule has 7 nitrogen and oxygen atoms in total. The van der Waals surface area contributed by atoms with E-state index in [0.717, 1.165) is 0 Å². The van der Waals surface area contributed by atoms with Crippen LogP contribution in [0.4, 0.5) is 0 Å². The summed E-state index contributed by atoms with van der Waals surface area (Å²) in [6.07, 6.45) is 0.269. The van der Waals surface area contributed by atoms with Crippen molar-refractivity contribution < 1.29 is 21.6 Å². The van der Waals surface area contributed by atoms with Gasteiger partial charge in [-0.25, -0.2) is 16.8 Å². The first-order valence-corrected chi connectivity index (χ1v) is 10.5. The fourth-order valence-corrected chi connectivity index (χ4v) is 6.90. The molecule has 130 valence electrons. The number of nitrogens with two attached hydrogens (primary N) is 1. The zero-order valence-corrected chi connectivity index (χ0v) is 14.9. The van der Waals surface area contributed by atoms with Crippen LogP contribution in [0.2, 0.25) is 0 Å². The molecule has 1 fully saturated rings. The number of nitrogens with zero attached hydrogens (tertiary/aromatic N) is 1. The lowest BCUT2D eigenvalue weighted by molar-refractivity contribution is 0.238. The molecule has 2 rings (SSSR count). The minimum atomic E-state index is -3.85. The SMILES string of the molecule is COc1ccc(S(=O)(=O)N(CCN)[C@@]2(C)CCS(=O)(=O)C2)cc1. The van der Waals surface area contributed by atoms with E-state index in [0.29, 0.717) is 5.75 Å². The molecule has 1 aliphatic heterocycles. The van der Waals surface area contributed by atoms with E-state index in [2.05, 4.69) is 0 Å². The van der Waals surface area contributed by atoms with Crippen molar-refractivity contribution in [2.45, 2.75) is 23.8 Å². The molecule has 1 aromatic rings. The summed E-state index contributed by atoms with van der Waals surface area (Å²) in [4.78, 5) is 0.0947.